The smallest absolute Gasteiger partial charge is 0.422 e. The molecule has 0 aliphatic carbocycles. The van der Waals surface area contributed by atoms with Crippen LogP contribution in [0.1, 0.15) is 6.92 Å². The van der Waals surface area contributed by atoms with Gasteiger partial charge in [0, 0.05) is 6.07 Å². The predicted molar refractivity (Wildman–Crippen MR) is 56.6 cm³/mol. The lowest BCUT2D eigenvalue weighted by atomic mass is 10.0. The van der Waals surface area contributed by atoms with Gasteiger partial charge in [-0.1, -0.05) is 0 Å². The Morgan fingerprint density at radius 3 is 2.37 bits per heavy atom. The van der Waals surface area contributed by atoms with E-state index >= 15 is 0 Å². The maximum absolute atomic E-state index is 12.7. The number of hydrogen-bond acceptors (Lipinski definition) is 5. The van der Waals surface area contributed by atoms with Gasteiger partial charge >= 0.3 is 12.1 Å². The molecule has 0 spiro atoms. The Bertz CT molecular complexity index is 502. The molecule has 0 aliphatic heterocycles. The maximum atomic E-state index is 12.7. The fourth-order valence-corrected chi connectivity index (χ4v) is 1.07. The molecule has 10 heteroatoms. The van der Waals surface area contributed by atoms with Crippen molar-refractivity contribution in [2.45, 2.75) is 18.6 Å². The van der Waals surface area contributed by atoms with Crippen LogP contribution in [0.25, 0.3) is 0 Å². The van der Waals surface area contributed by atoms with E-state index in [1.807, 2.05) is 0 Å². The van der Waals surface area contributed by atoms with Crippen molar-refractivity contribution in [3.8, 4) is 0 Å². The molecule has 1 aromatic rings. The van der Waals surface area contributed by atoms with Gasteiger partial charge in [0.05, 0.1) is 4.92 Å². The SMILES string of the molecule is CC(Nc1ccc([N+](=O)[O-])cn1)(C(=O)O)C(F)(F)F. The summed E-state index contributed by atoms with van der Waals surface area (Å²) in [6, 6.07) is 1.80. The molecule has 1 unspecified atom stereocenters. The summed E-state index contributed by atoms with van der Waals surface area (Å²) < 4.78 is 38.0. The number of aromatic nitrogens is 1. The Balaban J connectivity index is 3.05. The molecule has 0 amide bonds. The summed E-state index contributed by atoms with van der Waals surface area (Å²) in [6.07, 6.45) is -4.34. The first-order valence-corrected chi connectivity index (χ1v) is 4.76. The van der Waals surface area contributed by atoms with Gasteiger partial charge in [-0.3, -0.25) is 10.1 Å². The van der Waals surface area contributed by atoms with Gasteiger partial charge in [-0.15, -0.1) is 0 Å². The number of rotatable bonds is 4. The second-order valence-corrected chi connectivity index (χ2v) is 3.71. The third-order valence-electron chi connectivity index (χ3n) is 2.33. The number of halogens is 3. The number of pyridine rings is 1. The average molecular weight is 279 g/mol. The Morgan fingerprint density at radius 1 is 1.47 bits per heavy atom. The van der Waals surface area contributed by atoms with Crippen LogP contribution in [0.4, 0.5) is 24.7 Å². The molecule has 1 rings (SSSR count). The van der Waals surface area contributed by atoms with Crippen LogP contribution in [-0.4, -0.2) is 32.7 Å². The second-order valence-electron chi connectivity index (χ2n) is 3.71. The van der Waals surface area contributed by atoms with Crippen molar-refractivity contribution >= 4 is 17.5 Å². The fraction of sp³-hybridized carbons (Fsp3) is 0.333. The Hall–Kier alpha value is -2.39. The van der Waals surface area contributed by atoms with E-state index in [0.717, 1.165) is 18.3 Å². The van der Waals surface area contributed by atoms with Crippen LogP contribution in [-0.2, 0) is 4.79 Å². The number of anilines is 1. The molecule has 19 heavy (non-hydrogen) atoms. The van der Waals surface area contributed by atoms with Crippen molar-refractivity contribution in [3.05, 3.63) is 28.4 Å². The minimum absolute atomic E-state index is 0.422. The second kappa shape index (κ2) is 4.71. The molecule has 104 valence electrons. The number of nitrogens with one attached hydrogen (secondary N) is 1. The molecule has 0 saturated heterocycles. The van der Waals surface area contributed by atoms with Gasteiger partial charge in [0.1, 0.15) is 12.0 Å². The van der Waals surface area contributed by atoms with Gasteiger partial charge in [-0.25, -0.2) is 9.78 Å². The van der Waals surface area contributed by atoms with E-state index in [4.69, 9.17) is 5.11 Å². The van der Waals surface area contributed by atoms with Gasteiger partial charge in [-0.05, 0) is 13.0 Å². The van der Waals surface area contributed by atoms with Crippen LogP contribution in [0, 0.1) is 10.1 Å². The first kappa shape index (κ1) is 14.7. The quantitative estimate of drug-likeness (QED) is 0.643. The van der Waals surface area contributed by atoms with Gasteiger partial charge in [-0.2, -0.15) is 13.2 Å². The molecule has 0 fully saturated rings. The number of nitro groups is 1. The largest absolute Gasteiger partial charge is 0.479 e. The van der Waals surface area contributed by atoms with Crippen molar-refractivity contribution in [2.75, 3.05) is 5.32 Å². The zero-order chi connectivity index (χ0) is 14.8. The molecule has 1 aromatic heterocycles. The predicted octanol–water partition coefficient (Wildman–Crippen LogP) is 1.81. The van der Waals surface area contributed by atoms with E-state index in [2.05, 4.69) is 4.98 Å². The van der Waals surface area contributed by atoms with Crippen molar-refractivity contribution in [3.63, 3.8) is 0 Å². The van der Waals surface area contributed by atoms with Crippen molar-refractivity contribution < 1.29 is 28.0 Å². The third-order valence-corrected chi connectivity index (χ3v) is 2.33. The third kappa shape index (κ3) is 2.89. The lowest BCUT2D eigenvalue weighted by Crippen LogP contribution is -2.55. The summed E-state index contributed by atoms with van der Waals surface area (Å²) in [4.78, 5) is 23.6. The monoisotopic (exact) mass is 279 g/mol. The number of alkyl halides is 3. The van der Waals surface area contributed by atoms with Crippen LogP contribution in [0.5, 0.6) is 0 Å². The van der Waals surface area contributed by atoms with Crippen molar-refractivity contribution in [2.24, 2.45) is 0 Å². The average Bonchev–Trinajstić information content (AvgIpc) is 2.27. The van der Waals surface area contributed by atoms with E-state index in [1.54, 1.807) is 5.32 Å². The zero-order valence-corrected chi connectivity index (χ0v) is 9.43. The fourth-order valence-electron chi connectivity index (χ4n) is 1.07. The van der Waals surface area contributed by atoms with Crippen molar-refractivity contribution in [1.82, 2.24) is 4.98 Å². The number of carboxylic acids is 1. The highest BCUT2D eigenvalue weighted by atomic mass is 19.4. The summed E-state index contributed by atoms with van der Waals surface area (Å²) in [6.45, 7) is 0.429. The highest BCUT2D eigenvalue weighted by Gasteiger charge is 2.57. The van der Waals surface area contributed by atoms with Crippen LogP contribution in [0.3, 0.4) is 0 Å². The molecule has 2 N–H and O–H groups in total. The lowest BCUT2D eigenvalue weighted by Gasteiger charge is -2.28. The van der Waals surface area contributed by atoms with E-state index < -0.39 is 34.1 Å². The molecule has 0 bridgehead atoms. The van der Waals surface area contributed by atoms with Gasteiger partial charge < -0.3 is 10.4 Å². The first-order valence-electron chi connectivity index (χ1n) is 4.76. The summed E-state index contributed by atoms with van der Waals surface area (Å²) in [7, 11) is 0. The summed E-state index contributed by atoms with van der Waals surface area (Å²) in [5, 5.41) is 20.7. The topological polar surface area (TPSA) is 105 Å². The number of nitrogens with zero attached hydrogens (tertiary/aromatic N) is 2. The van der Waals surface area contributed by atoms with Crippen LogP contribution in [0.2, 0.25) is 0 Å². The summed E-state index contributed by atoms with van der Waals surface area (Å²) >= 11 is 0. The van der Waals surface area contributed by atoms with Gasteiger partial charge in [0.2, 0.25) is 5.54 Å². The lowest BCUT2D eigenvalue weighted by molar-refractivity contribution is -0.385. The maximum Gasteiger partial charge on any atom is 0.422 e. The molecule has 0 aromatic carbocycles. The molecule has 0 saturated carbocycles. The van der Waals surface area contributed by atoms with Crippen LogP contribution >= 0.6 is 0 Å². The number of carbonyl (C=O) groups is 1. The number of carboxylic acid groups (broad SMARTS) is 1. The van der Waals surface area contributed by atoms with E-state index in [0.29, 0.717) is 6.92 Å². The molecule has 0 aliphatic rings. The molecular formula is C9H8F3N3O4. The highest BCUT2D eigenvalue weighted by molar-refractivity contribution is 5.83. The standard InChI is InChI=1S/C9H8F3N3O4/c1-8(7(16)17,9(10,11)12)14-6-3-2-5(4-13-6)15(18)19/h2-4H,1H3,(H,13,14)(H,16,17). The van der Waals surface area contributed by atoms with E-state index in [1.165, 1.54) is 0 Å². The normalized spacial score (nSPS) is 14.5. The minimum Gasteiger partial charge on any atom is -0.479 e. The molecule has 1 heterocycles. The van der Waals surface area contributed by atoms with Gasteiger partial charge in [0.15, 0.2) is 0 Å². The van der Waals surface area contributed by atoms with Crippen molar-refractivity contribution in [1.29, 1.82) is 0 Å². The highest BCUT2D eigenvalue weighted by Crippen LogP contribution is 2.33. The minimum atomic E-state index is -5.07. The molecule has 7 nitrogen and oxygen atoms in total. The van der Waals surface area contributed by atoms with E-state index in [9.17, 15) is 28.1 Å². The zero-order valence-electron chi connectivity index (χ0n) is 9.43. The van der Waals surface area contributed by atoms with Crippen LogP contribution < -0.4 is 5.32 Å². The Kier molecular flexibility index (Phi) is 3.63. The van der Waals surface area contributed by atoms with Gasteiger partial charge in [0.25, 0.3) is 5.69 Å². The summed E-state index contributed by atoms with van der Waals surface area (Å²) in [5.41, 5.74) is -3.66. The van der Waals surface area contributed by atoms with Crippen LogP contribution in [0.15, 0.2) is 18.3 Å². The number of aliphatic carboxylic acids is 1. The molecule has 0 radical (unpaired) electrons. The number of hydrogen-bond donors (Lipinski definition) is 2. The Labute approximate surface area is 104 Å². The summed E-state index contributed by atoms with van der Waals surface area (Å²) in [5.74, 6) is -2.58. The Morgan fingerprint density at radius 2 is 2.05 bits per heavy atom. The van der Waals surface area contributed by atoms with E-state index in [-0.39, 0.29) is 0 Å². The first-order chi connectivity index (χ1) is 8.58. The molecular weight excluding hydrogens is 271 g/mol. The molecule has 1 atom stereocenters.